The van der Waals surface area contributed by atoms with Gasteiger partial charge in [-0.05, 0) is 29.8 Å². The highest BCUT2D eigenvalue weighted by Gasteiger charge is 2.25. The van der Waals surface area contributed by atoms with E-state index in [-0.39, 0.29) is 4.83 Å². The Hall–Kier alpha value is -0.900. The molecule has 1 unspecified atom stereocenters. The fraction of sp³-hybridized carbons (Fsp3) is 0.250. The summed E-state index contributed by atoms with van der Waals surface area (Å²) in [5, 5.41) is 1.36. The van der Waals surface area contributed by atoms with E-state index in [4.69, 9.17) is 32.7 Å². The van der Waals surface area contributed by atoms with E-state index in [9.17, 15) is 0 Å². The maximum absolute atomic E-state index is 6.23. The van der Waals surface area contributed by atoms with Crippen LogP contribution in [0, 0.1) is 0 Å². The van der Waals surface area contributed by atoms with Crippen molar-refractivity contribution in [2.45, 2.75) is 11.2 Å². The van der Waals surface area contributed by atoms with Crippen LogP contribution in [0.15, 0.2) is 30.3 Å². The van der Waals surface area contributed by atoms with Gasteiger partial charge in [-0.1, -0.05) is 45.2 Å². The van der Waals surface area contributed by atoms with E-state index in [1.807, 2.05) is 24.3 Å². The Morgan fingerprint density at radius 2 is 1.95 bits per heavy atom. The summed E-state index contributed by atoms with van der Waals surface area (Å²) in [4.78, 5) is -0.0738. The lowest BCUT2D eigenvalue weighted by Crippen LogP contribution is -2.00. The number of fused-ring (bicyclic) bond motifs is 1. The maximum atomic E-state index is 6.23. The average Bonchev–Trinajstić information content (AvgIpc) is 2.93. The van der Waals surface area contributed by atoms with Crippen LogP contribution in [0.1, 0.15) is 21.5 Å². The van der Waals surface area contributed by atoms with Gasteiger partial charge in [0.1, 0.15) is 11.5 Å². The summed E-state index contributed by atoms with van der Waals surface area (Å²) in [6, 6.07) is 9.49. The van der Waals surface area contributed by atoms with Crippen molar-refractivity contribution in [3.63, 3.8) is 0 Å². The molecular weight excluding hydrogens is 375 g/mol. The molecule has 3 rings (SSSR count). The lowest BCUT2D eigenvalue weighted by atomic mass is 10.00. The molecular formula is C16H13BrCl2O2. The molecule has 0 bridgehead atoms. The molecule has 0 saturated carbocycles. The van der Waals surface area contributed by atoms with Crippen LogP contribution in [0.2, 0.25) is 10.0 Å². The zero-order chi connectivity index (χ0) is 15.0. The molecule has 1 aliphatic heterocycles. The van der Waals surface area contributed by atoms with E-state index < -0.39 is 0 Å². The Labute approximate surface area is 142 Å². The first-order chi connectivity index (χ1) is 10.1. The van der Waals surface area contributed by atoms with Gasteiger partial charge in [-0.3, -0.25) is 0 Å². The van der Waals surface area contributed by atoms with Crippen molar-refractivity contribution >= 4 is 39.1 Å². The Kier molecular flexibility index (Phi) is 4.34. The summed E-state index contributed by atoms with van der Waals surface area (Å²) in [7, 11) is 1.63. The molecule has 1 atom stereocenters. The lowest BCUT2D eigenvalue weighted by molar-refractivity contribution is 0.353. The van der Waals surface area contributed by atoms with Gasteiger partial charge in [0.2, 0.25) is 0 Å². The van der Waals surface area contributed by atoms with E-state index in [1.165, 1.54) is 0 Å². The predicted octanol–water partition coefficient (Wildman–Crippen LogP) is 5.42. The Morgan fingerprint density at radius 1 is 1.14 bits per heavy atom. The molecule has 0 N–H and O–H groups in total. The zero-order valence-corrected chi connectivity index (χ0v) is 14.4. The minimum Gasteiger partial charge on any atom is -0.496 e. The maximum Gasteiger partial charge on any atom is 0.127 e. The highest BCUT2D eigenvalue weighted by atomic mass is 79.9. The number of ether oxygens (including phenoxy) is 2. The van der Waals surface area contributed by atoms with Crippen molar-refractivity contribution in [1.29, 1.82) is 0 Å². The van der Waals surface area contributed by atoms with E-state index in [1.54, 1.807) is 13.2 Å². The summed E-state index contributed by atoms with van der Waals surface area (Å²) >= 11 is 16.0. The Morgan fingerprint density at radius 3 is 2.71 bits per heavy atom. The van der Waals surface area contributed by atoms with Crippen LogP contribution in [0.3, 0.4) is 0 Å². The van der Waals surface area contributed by atoms with Crippen molar-refractivity contribution in [1.82, 2.24) is 0 Å². The second-order valence-corrected chi connectivity index (χ2v) is 6.62. The lowest BCUT2D eigenvalue weighted by Gasteiger charge is -2.18. The molecule has 21 heavy (non-hydrogen) atoms. The number of halogens is 3. The third kappa shape index (κ3) is 2.87. The molecule has 2 nitrogen and oxygen atoms in total. The minimum absolute atomic E-state index is 0.0738. The topological polar surface area (TPSA) is 18.5 Å². The fourth-order valence-corrected chi connectivity index (χ4v) is 3.68. The number of alkyl halides is 1. The largest absolute Gasteiger partial charge is 0.496 e. The van der Waals surface area contributed by atoms with Gasteiger partial charge in [-0.15, -0.1) is 0 Å². The number of hydrogen-bond donors (Lipinski definition) is 0. The van der Waals surface area contributed by atoms with E-state index in [2.05, 4.69) is 15.9 Å². The highest BCUT2D eigenvalue weighted by molar-refractivity contribution is 9.09. The third-order valence-electron chi connectivity index (χ3n) is 3.52. The normalized spacial score (nSPS) is 14.5. The minimum atomic E-state index is -0.0738. The SMILES string of the molecule is COc1cc(Cl)ccc1C(Br)c1cc(Cl)cc2c1OCC2. The third-order valence-corrected chi connectivity index (χ3v) is 4.96. The molecule has 110 valence electrons. The van der Waals surface area contributed by atoms with E-state index >= 15 is 0 Å². The van der Waals surface area contributed by atoms with Gasteiger partial charge in [0, 0.05) is 27.6 Å². The van der Waals surface area contributed by atoms with E-state index in [0.717, 1.165) is 34.6 Å². The zero-order valence-electron chi connectivity index (χ0n) is 11.3. The van der Waals surface area contributed by atoms with Crippen LogP contribution < -0.4 is 9.47 Å². The molecule has 0 amide bonds. The Bertz CT molecular complexity index is 688. The number of rotatable bonds is 3. The molecule has 0 spiro atoms. The van der Waals surface area contributed by atoms with Crippen LogP contribution in [0.5, 0.6) is 11.5 Å². The molecule has 0 saturated heterocycles. The molecule has 1 aliphatic rings. The number of hydrogen-bond acceptors (Lipinski definition) is 2. The van der Waals surface area contributed by atoms with Crippen molar-refractivity contribution < 1.29 is 9.47 Å². The number of benzene rings is 2. The molecule has 5 heteroatoms. The van der Waals surface area contributed by atoms with Gasteiger partial charge in [0.05, 0.1) is 18.5 Å². The van der Waals surface area contributed by atoms with Crippen LogP contribution in [0.4, 0.5) is 0 Å². The first kappa shape index (κ1) is 15.0. The van der Waals surface area contributed by atoms with Crippen LogP contribution in [0.25, 0.3) is 0 Å². The first-order valence-corrected chi connectivity index (χ1v) is 8.20. The molecule has 0 aromatic heterocycles. The summed E-state index contributed by atoms with van der Waals surface area (Å²) in [5.74, 6) is 1.65. The van der Waals surface area contributed by atoms with Crippen LogP contribution in [-0.2, 0) is 6.42 Å². The highest BCUT2D eigenvalue weighted by Crippen LogP contribution is 2.45. The van der Waals surface area contributed by atoms with Crippen molar-refractivity contribution in [3.05, 3.63) is 57.1 Å². The van der Waals surface area contributed by atoms with Gasteiger partial charge in [-0.2, -0.15) is 0 Å². The molecule has 1 heterocycles. The molecule has 0 radical (unpaired) electrons. The summed E-state index contributed by atoms with van der Waals surface area (Å²) in [5.41, 5.74) is 3.15. The van der Waals surface area contributed by atoms with Gasteiger partial charge in [0.15, 0.2) is 0 Å². The Balaban J connectivity index is 2.09. The van der Waals surface area contributed by atoms with Gasteiger partial charge < -0.3 is 9.47 Å². The van der Waals surface area contributed by atoms with Crippen molar-refractivity contribution in [3.8, 4) is 11.5 Å². The first-order valence-electron chi connectivity index (χ1n) is 6.52. The number of methoxy groups -OCH3 is 1. The smallest absolute Gasteiger partial charge is 0.127 e. The summed E-state index contributed by atoms with van der Waals surface area (Å²) < 4.78 is 11.2. The van der Waals surface area contributed by atoms with Crippen molar-refractivity contribution in [2.24, 2.45) is 0 Å². The summed E-state index contributed by atoms with van der Waals surface area (Å²) in [6.45, 7) is 0.695. The van der Waals surface area contributed by atoms with Gasteiger partial charge in [0.25, 0.3) is 0 Å². The van der Waals surface area contributed by atoms with Crippen LogP contribution >= 0.6 is 39.1 Å². The molecule has 0 fully saturated rings. The fourth-order valence-electron chi connectivity index (χ4n) is 2.55. The predicted molar refractivity (Wildman–Crippen MR) is 89.4 cm³/mol. The second kappa shape index (κ2) is 6.07. The second-order valence-electron chi connectivity index (χ2n) is 4.83. The van der Waals surface area contributed by atoms with Gasteiger partial charge in [-0.25, -0.2) is 0 Å². The quantitative estimate of drug-likeness (QED) is 0.654. The molecule has 0 aliphatic carbocycles. The van der Waals surface area contributed by atoms with Crippen LogP contribution in [-0.4, -0.2) is 13.7 Å². The summed E-state index contributed by atoms with van der Waals surface area (Å²) in [6.07, 6.45) is 0.889. The monoisotopic (exact) mass is 386 g/mol. The molecule has 2 aromatic carbocycles. The van der Waals surface area contributed by atoms with Crippen molar-refractivity contribution in [2.75, 3.05) is 13.7 Å². The molecule has 2 aromatic rings. The standard InChI is InChI=1S/C16H13BrCl2O2/c1-20-14-8-10(18)2-3-12(14)15(17)13-7-11(19)6-9-4-5-21-16(9)13/h2-3,6-8,15H,4-5H2,1H3. The average molecular weight is 388 g/mol. The van der Waals surface area contributed by atoms with Gasteiger partial charge >= 0.3 is 0 Å². The van der Waals surface area contributed by atoms with E-state index in [0.29, 0.717) is 16.7 Å².